The number of hydrogen-bond donors (Lipinski definition) is 1. The van der Waals surface area contributed by atoms with Crippen molar-refractivity contribution in [2.45, 2.75) is 32.4 Å². The lowest BCUT2D eigenvalue weighted by Crippen LogP contribution is -2.36. The molecule has 6 nitrogen and oxygen atoms in total. The summed E-state index contributed by atoms with van der Waals surface area (Å²) < 4.78 is 5.06. The lowest BCUT2D eigenvalue weighted by molar-refractivity contribution is -0.148. The Labute approximate surface area is 104 Å². The second-order valence-corrected chi connectivity index (χ2v) is 5.01. The van der Waals surface area contributed by atoms with Crippen molar-refractivity contribution in [3.8, 4) is 0 Å². The molecule has 0 aliphatic carbocycles. The van der Waals surface area contributed by atoms with Gasteiger partial charge in [0.15, 0.2) is 0 Å². The van der Waals surface area contributed by atoms with Gasteiger partial charge in [-0.15, -0.1) is 10.2 Å². The van der Waals surface area contributed by atoms with E-state index in [-0.39, 0.29) is 12.0 Å². The van der Waals surface area contributed by atoms with E-state index in [0.717, 1.165) is 24.4 Å². The number of hydrogen-bond acceptors (Lipinski definition) is 7. The molecule has 1 aromatic heterocycles. The Bertz CT molecular complexity index is 395. The number of carbonyl (C=O) groups is 1. The minimum Gasteiger partial charge on any atom is -0.465 e. The van der Waals surface area contributed by atoms with Gasteiger partial charge >= 0.3 is 5.97 Å². The second kappa shape index (κ2) is 5.42. The summed E-state index contributed by atoms with van der Waals surface area (Å²) in [7, 11) is 0. The number of likely N-dealkylation sites (tertiary alicyclic amines) is 1. The van der Waals surface area contributed by atoms with Gasteiger partial charge in [0.2, 0.25) is 5.13 Å². The predicted octanol–water partition coefficient (Wildman–Crippen LogP) is 0.648. The van der Waals surface area contributed by atoms with Gasteiger partial charge in [-0.05, 0) is 26.3 Å². The molecule has 1 aromatic rings. The number of nitrogens with zero attached hydrogens (tertiary/aromatic N) is 3. The fraction of sp³-hybridized carbons (Fsp3) is 0.700. The molecule has 0 amide bonds. The third-order valence-corrected chi connectivity index (χ3v) is 3.48. The van der Waals surface area contributed by atoms with Crippen molar-refractivity contribution in [3.05, 3.63) is 5.01 Å². The Morgan fingerprint density at radius 3 is 3.12 bits per heavy atom. The molecule has 0 spiro atoms. The van der Waals surface area contributed by atoms with Gasteiger partial charge in [0.25, 0.3) is 0 Å². The molecule has 94 valence electrons. The first-order valence-electron chi connectivity index (χ1n) is 5.69. The molecule has 17 heavy (non-hydrogen) atoms. The zero-order chi connectivity index (χ0) is 12.3. The van der Waals surface area contributed by atoms with Crippen LogP contribution < -0.4 is 5.73 Å². The number of aromatic nitrogens is 2. The monoisotopic (exact) mass is 256 g/mol. The molecule has 2 heterocycles. The molecule has 7 heteroatoms. The van der Waals surface area contributed by atoms with Crippen molar-refractivity contribution in [2.75, 3.05) is 18.9 Å². The van der Waals surface area contributed by atoms with Crippen LogP contribution in [0.5, 0.6) is 0 Å². The molecule has 1 fully saturated rings. The Kier molecular flexibility index (Phi) is 3.90. The average Bonchev–Trinajstić information content (AvgIpc) is 2.89. The van der Waals surface area contributed by atoms with Crippen LogP contribution in [-0.2, 0) is 16.1 Å². The number of nitrogens with two attached hydrogens (primary N) is 1. The van der Waals surface area contributed by atoms with Crippen LogP contribution in [0.4, 0.5) is 5.13 Å². The van der Waals surface area contributed by atoms with Crippen LogP contribution in [0, 0.1) is 0 Å². The first kappa shape index (κ1) is 12.3. The third-order valence-electron chi connectivity index (χ3n) is 2.74. The summed E-state index contributed by atoms with van der Waals surface area (Å²) in [5.74, 6) is -0.137. The largest absolute Gasteiger partial charge is 0.465 e. The summed E-state index contributed by atoms with van der Waals surface area (Å²) in [5, 5.41) is 9.05. The molecule has 2 rings (SSSR count). The smallest absolute Gasteiger partial charge is 0.323 e. The number of esters is 1. The molecular weight excluding hydrogens is 240 g/mol. The fourth-order valence-corrected chi connectivity index (χ4v) is 2.66. The number of ether oxygens (including phenoxy) is 1. The standard InChI is InChI=1S/C10H16N4O2S/c1-2-16-9(15)7-4-3-5-14(7)6-8-12-13-10(11)17-8/h7H,2-6H2,1H3,(H2,11,13). The first-order chi connectivity index (χ1) is 8.20. The lowest BCUT2D eigenvalue weighted by Gasteiger charge is -2.21. The van der Waals surface area contributed by atoms with Gasteiger partial charge in [0, 0.05) is 0 Å². The van der Waals surface area contributed by atoms with Gasteiger partial charge in [-0.3, -0.25) is 9.69 Å². The van der Waals surface area contributed by atoms with Crippen LogP contribution in [0.25, 0.3) is 0 Å². The molecule has 0 aromatic carbocycles. The van der Waals surface area contributed by atoms with Crippen molar-refractivity contribution >= 4 is 22.4 Å². The van der Waals surface area contributed by atoms with Crippen molar-refractivity contribution < 1.29 is 9.53 Å². The zero-order valence-electron chi connectivity index (χ0n) is 9.76. The van der Waals surface area contributed by atoms with E-state index < -0.39 is 0 Å². The quantitative estimate of drug-likeness (QED) is 0.796. The lowest BCUT2D eigenvalue weighted by atomic mass is 10.2. The maximum Gasteiger partial charge on any atom is 0.323 e. The molecule has 1 unspecified atom stereocenters. The highest BCUT2D eigenvalue weighted by Gasteiger charge is 2.32. The summed E-state index contributed by atoms with van der Waals surface area (Å²) in [6.07, 6.45) is 1.87. The van der Waals surface area contributed by atoms with Crippen molar-refractivity contribution in [2.24, 2.45) is 0 Å². The van der Waals surface area contributed by atoms with Gasteiger partial charge in [-0.1, -0.05) is 11.3 Å². The fourth-order valence-electron chi connectivity index (χ4n) is 2.02. The SMILES string of the molecule is CCOC(=O)C1CCCN1Cc1nnc(N)s1. The highest BCUT2D eigenvalue weighted by molar-refractivity contribution is 7.15. The number of rotatable bonds is 4. The molecule has 1 saturated heterocycles. The van der Waals surface area contributed by atoms with E-state index in [1.807, 2.05) is 6.92 Å². The minimum atomic E-state index is -0.139. The molecule has 0 saturated carbocycles. The Morgan fingerprint density at radius 1 is 1.65 bits per heavy atom. The maximum atomic E-state index is 11.7. The first-order valence-corrected chi connectivity index (χ1v) is 6.51. The van der Waals surface area contributed by atoms with Crippen LogP contribution in [-0.4, -0.2) is 40.3 Å². The maximum absolute atomic E-state index is 11.7. The molecular formula is C10H16N4O2S. The molecule has 0 radical (unpaired) electrons. The Balaban J connectivity index is 1.97. The zero-order valence-corrected chi connectivity index (χ0v) is 10.6. The summed E-state index contributed by atoms with van der Waals surface area (Å²) in [5.41, 5.74) is 5.53. The average molecular weight is 256 g/mol. The molecule has 1 atom stereocenters. The summed E-state index contributed by atoms with van der Waals surface area (Å²) in [6.45, 7) is 3.76. The molecule has 1 aliphatic rings. The summed E-state index contributed by atoms with van der Waals surface area (Å²) in [4.78, 5) is 13.8. The topological polar surface area (TPSA) is 81.3 Å². The van der Waals surface area contributed by atoms with Crippen molar-refractivity contribution in [3.63, 3.8) is 0 Å². The predicted molar refractivity (Wildman–Crippen MR) is 64.4 cm³/mol. The number of nitrogen functional groups attached to an aromatic ring is 1. The van der Waals surface area contributed by atoms with Gasteiger partial charge in [0.1, 0.15) is 11.0 Å². The van der Waals surface area contributed by atoms with Crippen LogP contribution in [0.2, 0.25) is 0 Å². The van der Waals surface area contributed by atoms with Crippen molar-refractivity contribution in [1.82, 2.24) is 15.1 Å². The number of carbonyl (C=O) groups excluding carboxylic acids is 1. The van der Waals surface area contributed by atoms with E-state index in [4.69, 9.17) is 10.5 Å². The van der Waals surface area contributed by atoms with Crippen molar-refractivity contribution in [1.29, 1.82) is 0 Å². The summed E-state index contributed by atoms with van der Waals surface area (Å²) >= 11 is 1.36. The van der Waals surface area contributed by atoms with Crippen LogP contribution in [0.15, 0.2) is 0 Å². The van der Waals surface area contributed by atoms with E-state index >= 15 is 0 Å². The van der Waals surface area contributed by atoms with Crippen LogP contribution >= 0.6 is 11.3 Å². The van der Waals surface area contributed by atoms with Gasteiger partial charge in [0.05, 0.1) is 13.2 Å². The second-order valence-electron chi connectivity index (χ2n) is 3.91. The molecule has 2 N–H and O–H groups in total. The Hall–Kier alpha value is -1.21. The van der Waals surface area contributed by atoms with E-state index in [1.54, 1.807) is 0 Å². The van der Waals surface area contributed by atoms with E-state index in [2.05, 4.69) is 15.1 Å². The number of anilines is 1. The summed E-state index contributed by atoms with van der Waals surface area (Å²) in [6, 6.07) is -0.139. The van der Waals surface area contributed by atoms with Crippen LogP contribution in [0.1, 0.15) is 24.8 Å². The van der Waals surface area contributed by atoms with E-state index in [0.29, 0.717) is 18.3 Å². The minimum absolute atomic E-state index is 0.137. The van der Waals surface area contributed by atoms with E-state index in [9.17, 15) is 4.79 Å². The van der Waals surface area contributed by atoms with Gasteiger partial charge in [-0.25, -0.2) is 0 Å². The van der Waals surface area contributed by atoms with Gasteiger partial charge in [-0.2, -0.15) is 0 Å². The normalized spacial score (nSPS) is 20.6. The molecule has 1 aliphatic heterocycles. The Morgan fingerprint density at radius 2 is 2.47 bits per heavy atom. The molecule has 0 bridgehead atoms. The highest BCUT2D eigenvalue weighted by atomic mass is 32.1. The van der Waals surface area contributed by atoms with E-state index in [1.165, 1.54) is 11.3 Å². The van der Waals surface area contributed by atoms with Gasteiger partial charge < -0.3 is 10.5 Å². The highest BCUT2D eigenvalue weighted by Crippen LogP contribution is 2.22. The van der Waals surface area contributed by atoms with Crippen LogP contribution in [0.3, 0.4) is 0 Å². The third kappa shape index (κ3) is 2.92.